The Labute approximate surface area is 234 Å². The number of fused-ring (bicyclic) bond motifs is 1. The number of aryl methyl sites for hydroxylation is 1. The van der Waals surface area contributed by atoms with Gasteiger partial charge in [-0.15, -0.1) is 0 Å². The normalized spacial score (nSPS) is 12.6. The van der Waals surface area contributed by atoms with Gasteiger partial charge in [-0.05, 0) is 59.4 Å². The molecule has 38 heavy (non-hydrogen) atoms. The minimum Gasteiger partial charge on any atom is -0.352 e. The lowest BCUT2D eigenvalue weighted by Gasteiger charge is -2.32. The summed E-state index contributed by atoms with van der Waals surface area (Å²) in [7, 11) is 0. The molecule has 0 aliphatic carbocycles. The summed E-state index contributed by atoms with van der Waals surface area (Å²) in [6.07, 6.45) is 2.22. The molecule has 1 N–H and O–H groups in total. The van der Waals surface area contributed by atoms with Gasteiger partial charge < -0.3 is 10.2 Å². The topological polar surface area (TPSA) is 49.4 Å². The Balaban J connectivity index is 1.64. The Morgan fingerprint density at radius 2 is 1.53 bits per heavy atom. The number of benzene rings is 4. The molecule has 5 heteroatoms. The van der Waals surface area contributed by atoms with Crippen LogP contribution in [0.3, 0.4) is 0 Å². The van der Waals surface area contributed by atoms with E-state index in [9.17, 15) is 9.59 Å². The average Bonchev–Trinajstić information content (AvgIpc) is 2.95. The molecule has 196 valence electrons. The smallest absolute Gasteiger partial charge is 0.243 e. The van der Waals surface area contributed by atoms with E-state index in [-0.39, 0.29) is 17.9 Å². The minimum absolute atomic E-state index is 0.0268. The summed E-state index contributed by atoms with van der Waals surface area (Å²) in [6.45, 7) is 4.41. The molecule has 0 aromatic heterocycles. The number of carbonyl (C=O) groups is 2. The standard InChI is InChI=1S/C33H35BrN2O2/c1-3-24(2)35-33(38)31(22-25-10-5-4-6-11-25)36(23-26-16-19-29(34)20-17-26)32(37)21-18-28-14-9-13-27-12-7-8-15-30(27)28/h4-17,19-20,24,31H,3,18,21-23H2,1-2H3,(H,35,38)/t24-,31-/m1/s1. The van der Waals surface area contributed by atoms with Crippen molar-refractivity contribution >= 4 is 38.5 Å². The van der Waals surface area contributed by atoms with Gasteiger partial charge in [-0.3, -0.25) is 9.59 Å². The molecule has 4 rings (SSSR count). The molecule has 0 aliphatic rings. The molecule has 2 amide bonds. The van der Waals surface area contributed by atoms with Gasteiger partial charge in [0, 0.05) is 29.9 Å². The zero-order chi connectivity index (χ0) is 26.9. The molecule has 0 unspecified atom stereocenters. The van der Waals surface area contributed by atoms with E-state index >= 15 is 0 Å². The monoisotopic (exact) mass is 570 g/mol. The molecule has 0 heterocycles. The Bertz CT molecular complexity index is 1350. The molecule has 4 aromatic carbocycles. The molecule has 0 saturated carbocycles. The van der Waals surface area contributed by atoms with E-state index in [1.807, 2.05) is 86.6 Å². The van der Waals surface area contributed by atoms with Crippen LogP contribution < -0.4 is 5.32 Å². The highest BCUT2D eigenvalue weighted by atomic mass is 79.9. The Kier molecular flexibility index (Phi) is 9.72. The molecule has 0 saturated heterocycles. The first-order valence-corrected chi connectivity index (χ1v) is 14.1. The molecule has 2 atom stereocenters. The largest absolute Gasteiger partial charge is 0.352 e. The lowest BCUT2D eigenvalue weighted by molar-refractivity contribution is -0.141. The lowest BCUT2D eigenvalue weighted by Crippen LogP contribution is -2.52. The van der Waals surface area contributed by atoms with Gasteiger partial charge in [-0.1, -0.05) is 108 Å². The van der Waals surface area contributed by atoms with E-state index in [2.05, 4.69) is 45.5 Å². The molecule has 4 aromatic rings. The number of hydrogen-bond donors (Lipinski definition) is 1. The maximum atomic E-state index is 14.0. The summed E-state index contributed by atoms with van der Waals surface area (Å²) in [5.74, 6) is -0.139. The van der Waals surface area contributed by atoms with E-state index in [0.717, 1.165) is 33.0 Å². The van der Waals surface area contributed by atoms with Crippen LogP contribution in [0.4, 0.5) is 0 Å². The van der Waals surface area contributed by atoms with Crippen molar-refractivity contribution in [3.8, 4) is 0 Å². The number of nitrogens with one attached hydrogen (secondary N) is 1. The third-order valence-electron chi connectivity index (χ3n) is 7.03. The van der Waals surface area contributed by atoms with Crippen LogP contribution in [0.1, 0.15) is 43.4 Å². The van der Waals surface area contributed by atoms with Crippen molar-refractivity contribution in [2.75, 3.05) is 0 Å². The SMILES string of the molecule is CC[C@@H](C)NC(=O)[C@@H](Cc1ccccc1)N(Cc1ccc(Br)cc1)C(=O)CCc1cccc2ccccc12. The van der Waals surface area contributed by atoms with Crippen molar-refractivity contribution in [2.45, 2.75) is 58.2 Å². The van der Waals surface area contributed by atoms with Gasteiger partial charge >= 0.3 is 0 Å². The summed E-state index contributed by atoms with van der Waals surface area (Å²) in [5.41, 5.74) is 3.16. The fourth-order valence-corrected chi connectivity index (χ4v) is 4.94. The molecular weight excluding hydrogens is 536 g/mol. The van der Waals surface area contributed by atoms with E-state index in [4.69, 9.17) is 0 Å². The van der Waals surface area contributed by atoms with Gasteiger partial charge in [0.2, 0.25) is 11.8 Å². The third-order valence-corrected chi connectivity index (χ3v) is 7.56. The number of rotatable bonds is 11. The van der Waals surface area contributed by atoms with Gasteiger partial charge in [-0.25, -0.2) is 0 Å². The second-order valence-corrected chi connectivity index (χ2v) is 10.7. The Morgan fingerprint density at radius 1 is 0.842 bits per heavy atom. The lowest BCUT2D eigenvalue weighted by atomic mass is 9.99. The van der Waals surface area contributed by atoms with Crippen molar-refractivity contribution in [2.24, 2.45) is 0 Å². The first-order valence-electron chi connectivity index (χ1n) is 13.3. The van der Waals surface area contributed by atoms with Gasteiger partial charge in [0.25, 0.3) is 0 Å². The van der Waals surface area contributed by atoms with Gasteiger partial charge in [-0.2, -0.15) is 0 Å². The van der Waals surface area contributed by atoms with E-state index < -0.39 is 6.04 Å². The van der Waals surface area contributed by atoms with Gasteiger partial charge in [0.1, 0.15) is 6.04 Å². The summed E-state index contributed by atoms with van der Waals surface area (Å²) in [5, 5.41) is 5.47. The zero-order valence-corrected chi connectivity index (χ0v) is 23.7. The maximum absolute atomic E-state index is 14.0. The van der Waals surface area contributed by atoms with Crippen LogP contribution in [0.2, 0.25) is 0 Å². The van der Waals surface area contributed by atoms with Crippen LogP contribution >= 0.6 is 15.9 Å². The highest BCUT2D eigenvalue weighted by Gasteiger charge is 2.30. The van der Waals surface area contributed by atoms with Gasteiger partial charge in [0.05, 0.1) is 0 Å². The highest BCUT2D eigenvalue weighted by Crippen LogP contribution is 2.22. The molecule has 0 aliphatic heterocycles. The number of nitrogens with zero attached hydrogens (tertiary/aromatic N) is 1. The average molecular weight is 572 g/mol. The molecule has 4 nitrogen and oxygen atoms in total. The number of hydrogen-bond acceptors (Lipinski definition) is 2. The van der Waals surface area contributed by atoms with E-state index in [1.165, 1.54) is 5.39 Å². The molecule has 0 fully saturated rings. The summed E-state index contributed by atoms with van der Waals surface area (Å²) >= 11 is 3.50. The Hall–Kier alpha value is -3.44. The minimum atomic E-state index is -0.616. The van der Waals surface area contributed by atoms with Crippen molar-refractivity contribution in [3.63, 3.8) is 0 Å². The summed E-state index contributed by atoms with van der Waals surface area (Å²) in [4.78, 5) is 29.4. The van der Waals surface area contributed by atoms with Crippen LogP contribution in [0, 0.1) is 0 Å². The van der Waals surface area contributed by atoms with Crippen LogP contribution in [0.25, 0.3) is 10.8 Å². The predicted molar refractivity (Wildman–Crippen MR) is 159 cm³/mol. The van der Waals surface area contributed by atoms with Crippen molar-refractivity contribution < 1.29 is 9.59 Å². The van der Waals surface area contributed by atoms with E-state index in [0.29, 0.717) is 25.8 Å². The molecule has 0 spiro atoms. The number of carbonyl (C=O) groups excluding carboxylic acids is 2. The quantitative estimate of drug-likeness (QED) is 0.209. The van der Waals surface area contributed by atoms with Crippen LogP contribution in [-0.4, -0.2) is 28.8 Å². The van der Waals surface area contributed by atoms with Crippen molar-refractivity contribution in [1.29, 1.82) is 0 Å². The first-order chi connectivity index (χ1) is 18.4. The zero-order valence-electron chi connectivity index (χ0n) is 22.1. The summed E-state index contributed by atoms with van der Waals surface area (Å²) < 4.78 is 0.977. The molecular formula is C33H35BrN2O2. The molecule has 0 bridgehead atoms. The second-order valence-electron chi connectivity index (χ2n) is 9.81. The van der Waals surface area contributed by atoms with Crippen molar-refractivity contribution in [3.05, 3.63) is 118 Å². The highest BCUT2D eigenvalue weighted by molar-refractivity contribution is 9.10. The predicted octanol–water partition coefficient (Wildman–Crippen LogP) is 7.09. The number of amides is 2. The summed E-state index contributed by atoms with van der Waals surface area (Å²) in [6, 6.07) is 31.8. The third kappa shape index (κ3) is 7.32. The van der Waals surface area contributed by atoms with Crippen LogP contribution in [0.15, 0.2) is 102 Å². The fourth-order valence-electron chi connectivity index (χ4n) is 4.68. The Morgan fingerprint density at radius 3 is 2.26 bits per heavy atom. The van der Waals surface area contributed by atoms with E-state index in [1.54, 1.807) is 4.90 Å². The fraction of sp³-hybridized carbons (Fsp3) is 0.273. The number of halogens is 1. The first kappa shape index (κ1) is 27.6. The molecule has 0 radical (unpaired) electrons. The maximum Gasteiger partial charge on any atom is 0.243 e. The van der Waals surface area contributed by atoms with Crippen LogP contribution in [-0.2, 0) is 29.0 Å². The second kappa shape index (κ2) is 13.4. The van der Waals surface area contributed by atoms with Crippen LogP contribution in [0.5, 0.6) is 0 Å². The van der Waals surface area contributed by atoms with Gasteiger partial charge in [0.15, 0.2) is 0 Å². The van der Waals surface area contributed by atoms with Crippen molar-refractivity contribution in [1.82, 2.24) is 10.2 Å².